The molecule has 10 heteroatoms. The highest BCUT2D eigenvalue weighted by molar-refractivity contribution is 7.85. The Balaban J connectivity index is 2.61. The molecule has 0 bridgehead atoms. The van der Waals surface area contributed by atoms with Gasteiger partial charge in [0.2, 0.25) is 6.10 Å². The van der Waals surface area contributed by atoms with E-state index in [0.29, 0.717) is 12.8 Å². The molecule has 0 amide bonds. The molecule has 1 fully saturated rings. The molecule has 0 heterocycles. The second kappa shape index (κ2) is 7.40. The predicted molar refractivity (Wildman–Crippen MR) is 68.5 cm³/mol. The molecule has 1 N–H and O–H groups in total. The Morgan fingerprint density at radius 2 is 1.73 bits per heavy atom. The number of esters is 1. The standard InChI is InChI=1S/C12H17F3O6S/c13-12(14,15)10(7-22(18,19)20)21-11(17)6-9(16)8-4-2-1-3-5-8/h8,10H,1-7H2,(H,18,19,20). The number of rotatable bonds is 6. The molecule has 1 unspecified atom stereocenters. The van der Waals surface area contributed by atoms with Gasteiger partial charge in [-0.1, -0.05) is 19.3 Å². The van der Waals surface area contributed by atoms with Crippen molar-refractivity contribution >= 4 is 21.9 Å². The monoisotopic (exact) mass is 346 g/mol. The lowest BCUT2D eigenvalue weighted by Crippen LogP contribution is -2.40. The maximum Gasteiger partial charge on any atom is 0.426 e. The van der Waals surface area contributed by atoms with Crippen LogP contribution in [-0.2, 0) is 24.4 Å². The zero-order valence-corrected chi connectivity index (χ0v) is 12.5. The first kappa shape index (κ1) is 18.9. The molecule has 0 radical (unpaired) electrons. The molecule has 0 saturated heterocycles. The smallest absolute Gasteiger partial charge is 0.426 e. The third kappa shape index (κ3) is 6.73. The van der Waals surface area contributed by atoms with Crippen molar-refractivity contribution in [3.05, 3.63) is 0 Å². The Morgan fingerprint density at radius 3 is 2.18 bits per heavy atom. The highest BCUT2D eigenvalue weighted by atomic mass is 32.2. The summed E-state index contributed by atoms with van der Waals surface area (Å²) in [6, 6.07) is 0. The van der Waals surface area contributed by atoms with Gasteiger partial charge in [0.05, 0.1) is 0 Å². The third-order valence-electron chi connectivity index (χ3n) is 3.38. The van der Waals surface area contributed by atoms with Gasteiger partial charge < -0.3 is 4.74 Å². The summed E-state index contributed by atoms with van der Waals surface area (Å²) in [7, 11) is -4.98. The van der Waals surface area contributed by atoms with Crippen LogP contribution in [0.3, 0.4) is 0 Å². The fourth-order valence-corrected chi connectivity index (χ4v) is 2.94. The Kier molecular flexibility index (Phi) is 6.36. The Labute approximate surface area is 125 Å². The molecular formula is C12H17F3O6S. The van der Waals surface area contributed by atoms with Crippen molar-refractivity contribution in [2.75, 3.05) is 5.75 Å². The Morgan fingerprint density at radius 1 is 1.18 bits per heavy atom. The molecule has 0 aromatic rings. The van der Waals surface area contributed by atoms with Crippen molar-refractivity contribution in [2.24, 2.45) is 5.92 Å². The lowest BCUT2D eigenvalue weighted by atomic mass is 9.85. The number of halogens is 3. The van der Waals surface area contributed by atoms with Crippen molar-refractivity contribution in [3.8, 4) is 0 Å². The second-order valence-corrected chi connectivity index (χ2v) is 6.74. The van der Waals surface area contributed by atoms with Gasteiger partial charge in [0.15, 0.2) is 0 Å². The summed E-state index contributed by atoms with van der Waals surface area (Å²) in [5.74, 6) is -4.11. The van der Waals surface area contributed by atoms with Crippen LogP contribution in [0.1, 0.15) is 38.5 Å². The summed E-state index contributed by atoms with van der Waals surface area (Å²) in [5.41, 5.74) is 0. The number of ether oxygens (including phenoxy) is 1. The predicted octanol–water partition coefficient (Wildman–Crippen LogP) is 1.89. The van der Waals surface area contributed by atoms with Gasteiger partial charge in [-0.3, -0.25) is 14.1 Å². The third-order valence-corrected chi connectivity index (χ3v) is 4.10. The molecule has 1 atom stereocenters. The van der Waals surface area contributed by atoms with Crippen LogP contribution in [-0.4, -0.2) is 42.8 Å². The Hall–Kier alpha value is -1.16. The quantitative estimate of drug-likeness (QED) is 0.448. The van der Waals surface area contributed by atoms with Crippen molar-refractivity contribution in [2.45, 2.75) is 50.8 Å². The molecule has 0 aliphatic heterocycles. The van der Waals surface area contributed by atoms with Gasteiger partial charge in [-0.2, -0.15) is 21.6 Å². The lowest BCUT2D eigenvalue weighted by molar-refractivity contribution is -0.215. The molecular weight excluding hydrogens is 329 g/mol. The molecule has 1 aliphatic rings. The summed E-state index contributed by atoms with van der Waals surface area (Å²) in [4.78, 5) is 23.2. The topological polar surface area (TPSA) is 97.7 Å². The van der Waals surface area contributed by atoms with E-state index in [0.717, 1.165) is 19.3 Å². The van der Waals surface area contributed by atoms with Crippen LogP contribution < -0.4 is 0 Å². The lowest BCUT2D eigenvalue weighted by Gasteiger charge is -2.22. The van der Waals surface area contributed by atoms with Crippen LogP contribution in [0.2, 0.25) is 0 Å². The number of ketones is 1. The van der Waals surface area contributed by atoms with Crippen LogP contribution in [0, 0.1) is 5.92 Å². The molecule has 1 aliphatic carbocycles. The van der Waals surface area contributed by atoms with E-state index < -0.39 is 46.3 Å². The molecule has 1 saturated carbocycles. The summed E-state index contributed by atoms with van der Waals surface area (Å²) in [5, 5.41) is 0. The number of carbonyl (C=O) groups excluding carboxylic acids is 2. The van der Waals surface area contributed by atoms with E-state index in [1.54, 1.807) is 0 Å². The van der Waals surface area contributed by atoms with E-state index in [4.69, 9.17) is 4.55 Å². The van der Waals surface area contributed by atoms with Crippen LogP contribution >= 0.6 is 0 Å². The molecule has 0 spiro atoms. The minimum Gasteiger partial charge on any atom is -0.451 e. The van der Waals surface area contributed by atoms with Gasteiger partial charge in [0.25, 0.3) is 10.1 Å². The van der Waals surface area contributed by atoms with Crippen molar-refractivity contribution in [3.63, 3.8) is 0 Å². The summed E-state index contributed by atoms with van der Waals surface area (Å²) in [6.07, 6.45) is -5.20. The molecule has 22 heavy (non-hydrogen) atoms. The number of carbonyl (C=O) groups is 2. The number of hydrogen-bond acceptors (Lipinski definition) is 5. The minimum absolute atomic E-state index is 0.368. The number of hydrogen-bond donors (Lipinski definition) is 1. The number of Topliss-reactive ketones (excluding diaryl/α,β-unsaturated/α-hetero) is 1. The second-order valence-electron chi connectivity index (χ2n) is 5.25. The normalized spacial score (nSPS) is 18.7. The zero-order chi connectivity index (χ0) is 17.0. The first-order chi connectivity index (χ1) is 9.99. The number of alkyl halides is 3. The summed E-state index contributed by atoms with van der Waals surface area (Å²) >= 11 is 0. The molecule has 1 rings (SSSR count). The van der Waals surface area contributed by atoms with E-state index in [2.05, 4.69) is 4.74 Å². The van der Waals surface area contributed by atoms with Gasteiger partial charge in [0.1, 0.15) is 18.0 Å². The largest absolute Gasteiger partial charge is 0.451 e. The van der Waals surface area contributed by atoms with Gasteiger partial charge in [-0.15, -0.1) is 0 Å². The molecule has 0 aromatic heterocycles. The highest BCUT2D eigenvalue weighted by Gasteiger charge is 2.45. The highest BCUT2D eigenvalue weighted by Crippen LogP contribution is 2.27. The molecule has 0 aromatic carbocycles. The average Bonchev–Trinajstić information content (AvgIpc) is 2.36. The first-order valence-electron chi connectivity index (χ1n) is 6.73. The van der Waals surface area contributed by atoms with E-state index in [-0.39, 0.29) is 5.92 Å². The van der Waals surface area contributed by atoms with Gasteiger partial charge in [-0.05, 0) is 12.8 Å². The maximum absolute atomic E-state index is 12.6. The fraction of sp³-hybridized carbons (Fsp3) is 0.833. The van der Waals surface area contributed by atoms with Crippen LogP contribution in [0.5, 0.6) is 0 Å². The molecule has 6 nitrogen and oxygen atoms in total. The summed E-state index contributed by atoms with van der Waals surface area (Å²) in [6.45, 7) is 0. The first-order valence-corrected chi connectivity index (χ1v) is 8.34. The van der Waals surface area contributed by atoms with Crippen LogP contribution in [0.15, 0.2) is 0 Å². The van der Waals surface area contributed by atoms with Crippen molar-refractivity contribution < 1.29 is 40.5 Å². The van der Waals surface area contributed by atoms with E-state index >= 15 is 0 Å². The van der Waals surface area contributed by atoms with E-state index in [1.165, 1.54) is 0 Å². The SMILES string of the molecule is O=C(CC(=O)C1CCCCC1)OC(CS(=O)(=O)O)C(F)(F)F. The van der Waals surface area contributed by atoms with Gasteiger partial charge >= 0.3 is 12.1 Å². The minimum atomic E-state index is -5.15. The van der Waals surface area contributed by atoms with E-state index in [1.807, 2.05) is 0 Å². The molecule has 128 valence electrons. The Bertz CT molecular complexity index is 507. The van der Waals surface area contributed by atoms with Gasteiger partial charge in [0, 0.05) is 5.92 Å². The van der Waals surface area contributed by atoms with Crippen molar-refractivity contribution in [1.82, 2.24) is 0 Å². The van der Waals surface area contributed by atoms with E-state index in [9.17, 15) is 31.2 Å². The average molecular weight is 346 g/mol. The maximum atomic E-state index is 12.6. The zero-order valence-electron chi connectivity index (χ0n) is 11.6. The van der Waals surface area contributed by atoms with Crippen molar-refractivity contribution in [1.29, 1.82) is 0 Å². The van der Waals surface area contributed by atoms with Gasteiger partial charge in [-0.25, -0.2) is 0 Å². The summed E-state index contributed by atoms with van der Waals surface area (Å²) < 4.78 is 71.3. The fourth-order valence-electron chi connectivity index (χ4n) is 2.30. The van der Waals surface area contributed by atoms with Crippen LogP contribution in [0.4, 0.5) is 13.2 Å². The van der Waals surface area contributed by atoms with Crippen LogP contribution in [0.25, 0.3) is 0 Å².